The van der Waals surface area contributed by atoms with Crippen LogP contribution in [0.2, 0.25) is 10.0 Å². The molecular formula is C37H32Cl2F3N3O5S. The van der Waals surface area contributed by atoms with Crippen LogP contribution in [0.5, 0.6) is 5.75 Å². The molecule has 266 valence electrons. The van der Waals surface area contributed by atoms with Gasteiger partial charge in [0.05, 0.1) is 29.0 Å². The van der Waals surface area contributed by atoms with Crippen LogP contribution in [-0.2, 0) is 19.6 Å². The third kappa shape index (κ3) is 7.19. The van der Waals surface area contributed by atoms with Crippen molar-refractivity contribution in [3.8, 4) is 5.75 Å². The van der Waals surface area contributed by atoms with Crippen molar-refractivity contribution in [2.24, 2.45) is 0 Å². The molecule has 1 saturated carbocycles. The van der Waals surface area contributed by atoms with Gasteiger partial charge < -0.3 is 14.0 Å². The van der Waals surface area contributed by atoms with Crippen LogP contribution in [0.3, 0.4) is 0 Å². The fourth-order valence-electron chi connectivity index (χ4n) is 6.87. The second kappa shape index (κ2) is 13.8. The molecule has 2 heterocycles. The Kier molecular flexibility index (Phi) is 9.55. The number of carbonyl (C=O) groups is 1. The van der Waals surface area contributed by atoms with Gasteiger partial charge in [0.15, 0.2) is 0 Å². The Hall–Kier alpha value is -4.10. The zero-order valence-electron chi connectivity index (χ0n) is 27.2. The maximum absolute atomic E-state index is 13.6. The Balaban J connectivity index is 1.27. The number of aromatic nitrogens is 2. The smallest absolute Gasteiger partial charge is 0.490 e. The van der Waals surface area contributed by atoms with Crippen LogP contribution in [0.1, 0.15) is 59.7 Å². The molecule has 14 heteroatoms. The lowest BCUT2D eigenvalue weighted by atomic mass is 9.85. The molecule has 1 aromatic heterocycles. The molecule has 2 atom stereocenters. The number of benzene rings is 4. The first-order valence-electron chi connectivity index (χ1n) is 16.3. The van der Waals surface area contributed by atoms with Crippen LogP contribution < -0.4 is 4.74 Å². The highest BCUT2D eigenvalue weighted by molar-refractivity contribution is 7.89. The number of esters is 1. The zero-order chi connectivity index (χ0) is 36.1. The van der Waals surface area contributed by atoms with Gasteiger partial charge in [-0.15, -0.1) is 0 Å². The van der Waals surface area contributed by atoms with Gasteiger partial charge in [0.1, 0.15) is 17.7 Å². The van der Waals surface area contributed by atoms with Crippen molar-refractivity contribution in [1.82, 2.24) is 13.9 Å². The van der Waals surface area contributed by atoms with Crippen molar-refractivity contribution in [1.29, 1.82) is 0 Å². The molecule has 0 radical (unpaired) electrons. The van der Waals surface area contributed by atoms with E-state index in [2.05, 4.69) is 0 Å². The predicted octanol–water partition coefficient (Wildman–Crippen LogP) is 8.52. The van der Waals surface area contributed by atoms with Crippen LogP contribution in [0.25, 0.3) is 11.0 Å². The number of carbonyl (C=O) groups excluding carboxylic acids is 1. The van der Waals surface area contributed by atoms with Gasteiger partial charge in [-0.25, -0.2) is 18.2 Å². The van der Waals surface area contributed by atoms with E-state index < -0.39 is 34.2 Å². The lowest BCUT2D eigenvalue weighted by Crippen LogP contribution is -2.39. The quantitative estimate of drug-likeness (QED) is 0.111. The van der Waals surface area contributed by atoms with Gasteiger partial charge in [0.25, 0.3) is 0 Å². The molecular weight excluding hydrogens is 726 g/mol. The second-order valence-corrected chi connectivity index (χ2v) is 15.5. The van der Waals surface area contributed by atoms with Crippen molar-refractivity contribution >= 4 is 50.2 Å². The number of halogens is 5. The number of methoxy groups -OCH3 is 1. The van der Waals surface area contributed by atoms with Crippen LogP contribution in [-0.4, -0.2) is 60.7 Å². The normalized spacial score (nSPS) is 18.6. The first kappa shape index (κ1) is 35.3. The number of nitrogens with zero attached hydrogens (tertiary/aromatic N) is 3. The minimum atomic E-state index is -5.11. The summed E-state index contributed by atoms with van der Waals surface area (Å²) in [4.78, 5) is 16.7. The Labute approximate surface area is 302 Å². The molecule has 4 aromatic carbocycles. The summed E-state index contributed by atoms with van der Waals surface area (Å²) in [5.74, 6) is -2.08. The molecule has 5 aromatic rings. The SMILES string of the molecule is COc1cccc(S(=O)(=O)N2CCC(n3c(C4CC4OC(=O)C(F)(F)F)nc4ccc(C(c5ccc(Cl)cc5)c5ccc(Cl)cc5)cc43)CC2)c1. The maximum Gasteiger partial charge on any atom is 0.490 e. The highest BCUT2D eigenvalue weighted by atomic mass is 35.5. The topological polar surface area (TPSA) is 90.7 Å². The molecule has 1 aliphatic carbocycles. The number of piperidine rings is 1. The van der Waals surface area contributed by atoms with Crippen LogP contribution in [0.4, 0.5) is 13.2 Å². The number of sulfonamides is 1. The standard InChI is InChI=1S/C37H32Cl2F3N3O5S/c1-49-28-3-2-4-29(20-28)51(47,48)44-17-15-27(16-18-44)45-32-19-24(34(22-5-10-25(38)11-6-22)23-7-12-26(39)13-8-23)9-14-31(32)43-35(45)30-21-33(30)50-36(46)37(40,41)42/h2-14,19-20,27,30,33-34H,15-18,21H2,1H3. The highest BCUT2D eigenvalue weighted by Crippen LogP contribution is 2.47. The molecule has 0 spiro atoms. The molecule has 8 nitrogen and oxygen atoms in total. The lowest BCUT2D eigenvalue weighted by molar-refractivity contribution is -0.201. The van der Waals surface area contributed by atoms with Gasteiger partial charge >= 0.3 is 12.1 Å². The van der Waals surface area contributed by atoms with E-state index in [4.69, 9.17) is 37.7 Å². The Bertz CT molecular complexity index is 2140. The predicted molar refractivity (Wildman–Crippen MR) is 187 cm³/mol. The highest BCUT2D eigenvalue weighted by Gasteiger charge is 2.51. The van der Waals surface area contributed by atoms with Gasteiger partial charge in [-0.05, 0) is 84.5 Å². The molecule has 51 heavy (non-hydrogen) atoms. The van der Waals surface area contributed by atoms with Gasteiger partial charge in [-0.1, -0.05) is 59.6 Å². The largest absolute Gasteiger partial charge is 0.497 e. The van der Waals surface area contributed by atoms with Crippen molar-refractivity contribution in [2.45, 2.75) is 54.3 Å². The van der Waals surface area contributed by atoms with E-state index in [-0.39, 0.29) is 36.4 Å². The first-order chi connectivity index (χ1) is 24.3. The average molecular weight is 759 g/mol. The van der Waals surface area contributed by atoms with E-state index in [1.165, 1.54) is 23.5 Å². The summed E-state index contributed by atoms with van der Waals surface area (Å²) >= 11 is 12.5. The monoisotopic (exact) mass is 757 g/mol. The van der Waals surface area contributed by atoms with Crippen LogP contribution >= 0.6 is 23.2 Å². The van der Waals surface area contributed by atoms with E-state index in [9.17, 15) is 26.4 Å². The number of hydrogen-bond donors (Lipinski definition) is 0. The van der Waals surface area contributed by atoms with Crippen molar-refractivity contribution in [2.75, 3.05) is 20.2 Å². The van der Waals surface area contributed by atoms with Gasteiger partial charge in [0.2, 0.25) is 10.0 Å². The molecule has 1 saturated heterocycles. The number of fused-ring (bicyclic) bond motifs is 1. The molecule has 0 bridgehead atoms. The van der Waals surface area contributed by atoms with E-state index in [1.807, 2.05) is 71.3 Å². The summed E-state index contributed by atoms with van der Waals surface area (Å²) in [5, 5.41) is 1.19. The maximum atomic E-state index is 13.6. The number of ether oxygens (including phenoxy) is 2. The molecule has 1 aliphatic heterocycles. The van der Waals surface area contributed by atoms with Gasteiger partial charge in [0, 0.05) is 41.2 Å². The van der Waals surface area contributed by atoms with Crippen molar-refractivity contribution in [3.05, 3.63) is 124 Å². The summed E-state index contributed by atoms with van der Waals surface area (Å²) in [7, 11) is -2.35. The summed E-state index contributed by atoms with van der Waals surface area (Å²) in [6, 6.07) is 27.1. The zero-order valence-corrected chi connectivity index (χ0v) is 29.5. The third-order valence-electron chi connectivity index (χ3n) is 9.50. The Morgan fingerprint density at radius 3 is 2.08 bits per heavy atom. The second-order valence-electron chi connectivity index (χ2n) is 12.7. The minimum absolute atomic E-state index is 0.126. The fourth-order valence-corrected chi connectivity index (χ4v) is 8.63. The fraction of sp³-hybridized carbons (Fsp3) is 0.297. The van der Waals surface area contributed by atoms with E-state index in [1.54, 1.807) is 12.1 Å². The first-order valence-corrected chi connectivity index (χ1v) is 18.5. The summed E-state index contributed by atoms with van der Waals surface area (Å²) < 4.78 is 79.9. The van der Waals surface area contributed by atoms with E-state index in [0.29, 0.717) is 40.0 Å². The van der Waals surface area contributed by atoms with Gasteiger partial charge in [-0.3, -0.25) is 0 Å². The number of rotatable bonds is 9. The molecule has 2 aliphatic rings. The van der Waals surface area contributed by atoms with Crippen LogP contribution in [0.15, 0.2) is 95.9 Å². The van der Waals surface area contributed by atoms with Crippen molar-refractivity contribution < 1.29 is 35.9 Å². The summed E-state index contributed by atoms with van der Waals surface area (Å²) in [6.45, 7) is 0.413. The Morgan fingerprint density at radius 2 is 1.49 bits per heavy atom. The molecule has 0 N–H and O–H groups in total. The van der Waals surface area contributed by atoms with E-state index >= 15 is 0 Å². The third-order valence-corrected chi connectivity index (χ3v) is 11.9. The molecule has 7 rings (SSSR count). The number of imidazole rings is 1. The lowest BCUT2D eigenvalue weighted by Gasteiger charge is -2.33. The average Bonchev–Trinajstić information content (AvgIpc) is 3.78. The molecule has 0 amide bonds. The minimum Gasteiger partial charge on any atom is -0.497 e. The summed E-state index contributed by atoms with van der Waals surface area (Å²) in [6.07, 6.45) is -5.05. The van der Waals surface area contributed by atoms with Crippen LogP contribution in [0, 0.1) is 0 Å². The van der Waals surface area contributed by atoms with E-state index in [0.717, 1.165) is 22.2 Å². The molecule has 2 fully saturated rings. The van der Waals surface area contributed by atoms with Gasteiger partial charge in [-0.2, -0.15) is 17.5 Å². The summed E-state index contributed by atoms with van der Waals surface area (Å²) in [5.41, 5.74) is 4.25. The number of alkyl halides is 3. The van der Waals surface area contributed by atoms with Crippen molar-refractivity contribution in [3.63, 3.8) is 0 Å². The number of hydrogen-bond acceptors (Lipinski definition) is 6. The Morgan fingerprint density at radius 1 is 0.882 bits per heavy atom. The molecule has 2 unspecified atom stereocenters.